The Hall–Kier alpha value is -2.13. The molecule has 2 aromatic rings. The number of carbonyl (C=O) groups is 1. The van der Waals surface area contributed by atoms with Crippen LogP contribution in [0.3, 0.4) is 0 Å². The Morgan fingerprint density at radius 3 is 2.50 bits per heavy atom. The molecule has 0 aliphatic carbocycles. The SMILES string of the molecule is CCN(C(=O)c1cnn(C(C)C)c1Br)c1ccc(C#N)cc1. The Morgan fingerprint density at radius 2 is 2.05 bits per heavy atom. The number of anilines is 1. The van der Waals surface area contributed by atoms with E-state index in [1.165, 1.54) is 0 Å². The average molecular weight is 361 g/mol. The van der Waals surface area contributed by atoms with Gasteiger partial charge in [-0.1, -0.05) is 0 Å². The number of carbonyl (C=O) groups excluding carboxylic acids is 1. The third kappa shape index (κ3) is 3.04. The number of halogens is 1. The Balaban J connectivity index is 2.34. The van der Waals surface area contributed by atoms with E-state index >= 15 is 0 Å². The van der Waals surface area contributed by atoms with Crippen molar-refractivity contribution < 1.29 is 4.79 Å². The van der Waals surface area contributed by atoms with Crippen molar-refractivity contribution >= 4 is 27.5 Å². The van der Waals surface area contributed by atoms with Crippen LogP contribution in [-0.2, 0) is 0 Å². The lowest BCUT2D eigenvalue weighted by molar-refractivity contribution is 0.0987. The number of amides is 1. The molecule has 0 aliphatic rings. The van der Waals surface area contributed by atoms with Gasteiger partial charge in [0.25, 0.3) is 5.91 Å². The highest BCUT2D eigenvalue weighted by molar-refractivity contribution is 9.10. The van der Waals surface area contributed by atoms with Gasteiger partial charge in [-0.15, -0.1) is 0 Å². The second-order valence-corrected chi connectivity index (χ2v) is 5.85. The van der Waals surface area contributed by atoms with Crippen molar-refractivity contribution in [3.05, 3.63) is 46.2 Å². The van der Waals surface area contributed by atoms with E-state index in [-0.39, 0.29) is 11.9 Å². The summed E-state index contributed by atoms with van der Waals surface area (Å²) in [5.41, 5.74) is 1.86. The van der Waals surface area contributed by atoms with Gasteiger partial charge in [-0.2, -0.15) is 10.4 Å². The number of hydrogen-bond donors (Lipinski definition) is 0. The molecule has 0 N–H and O–H groups in total. The van der Waals surface area contributed by atoms with Crippen LogP contribution in [0.4, 0.5) is 5.69 Å². The van der Waals surface area contributed by atoms with Gasteiger partial charge in [-0.3, -0.25) is 9.48 Å². The molecule has 5 nitrogen and oxygen atoms in total. The van der Waals surface area contributed by atoms with Crippen LogP contribution in [0.15, 0.2) is 35.1 Å². The fraction of sp³-hybridized carbons (Fsp3) is 0.312. The Kier molecular flexibility index (Phi) is 4.99. The maximum atomic E-state index is 12.8. The summed E-state index contributed by atoms with van der Waals surface area (Å²) in [5, 5.41) is 13.1. The summed E-state index contributed by atoms with van der Waals surface area (Å²) in [6.07, 6.45) is 1.58. The van der Waals surface area contributed by atoms with E-state index in [4.69, 9.17) is 5.26 Å². The summed E-state index contributed by atoms with van der Waals surface area (Å²) in [6, 6.07) is 9.21. The van der Waals surface area contributed by atoms with Gasteiger partial charge in [0.1, 0.15) is 4.60 Å². The molecule has 1 heterocycles. The van der Waals surface area contributed by atoms with Crippen molar-refractivity contribution in [1.29, 1.82) is 5.26 Å². The summed E-state index contributed by atoms with van der Waals surface area (Å²) in [4.78, 5) is 14.4. The van der Waals surface area contributed by atoms with E-state index in [1.54, 1.807) is 40.0 Å². The molecule has 0 atom stereocenters. The number of rotatable bonds is 4. The zero-order valence-electron chi connectivity index (χ0n) is 12.7. The number of nitriles is 1. The highest BCUT2D eigenvalue weighted by Crippen LogP contribution is 2.24. The third-order valence-corrected chi connectivity index (χ3v) is 4.11. The van der Waals surface area contributed by atoms with Crippen LogP contribution >= 0.6 is 15.9 Å². The van der Waals surface area contributed by atoms with Crippen molar-refractivity contribution in [2.75, 3.05) is 11.4 Å². The first kappa shape index (κ1) is 16.2. The molecule has 2 rings (SSSR count). The highest BCUT2D eigenvalue weighted by Gasteiger charge is 2.22. The van der Waals surface area contributed by atoms with Crippen LogP contribution in [0.5, 0.6) is 0 Å². The van der Waals surface area contributed by atoms with Crippen molar-refractivity contribution in [2.45, 2.75) is 26.8 Å². The van der Waals surface area contributed by atoms with Gasteiger partial charge in [-0.05, 0) is 61.0 Å². The normalized spacial score (nSPS) is 10.5. The molecule has 0 aliphatic heterocycles. The van der Waals surface area contributed by atoms with Crippen LogP contribution in [0.1, 0.15) is 42.7 Å². The lowest BCUT2D eigenvalue weighted by atomic mass is 10.2. The Morgan fingerprint density at radius 1 is 1.41 bits per heavy atom. The predicted molar refractivity (Wildman–Crippen MR) is 88.8 cm³/mol. The molecule has 1 amide bonds. The standard InChI is InChI=1S/C16H17BrN4O/c1-4-20(13-7-5-12(9-18)6-8-13)16(22)14-10-19-21(11(2)3)15(14)17/h5-8,10-11H,4H2,1-3H3. The van der Waals surface area contributed by atoms with Crippen molar-refractivity contribution in [3.8, 4) is 6.07 Å². The number of hydrogen-bond acceptors (Lipinski definition) is 3. The monoisotopic (exact) mass is 360 g/mol. The van der Waals surface area contributed by atoms with Crippen molar-refractivity contribution in [2.24, 2.45) is 0 Å². The van der Waals surface area contributed by atoms with Crippen molar-refractivity contribution in [3.63, 3.8) is 0 Å². The zero-order valence-corrected chi connectivity index (χ0v) is 14.3. The first-order valence-electron chi connectivity index (χ1n) is 7.04. The maximum Gasteiger partial charge on any atom is 0.262 e. The Labute approximate surface area is 138 Å². The summed E-state index contributed by atoms with van der Waals surface area (Å²) in [5.74, 6) is -0.119. The fourth-order valence-corrected chi connectivity index (χ4v) is 2.93. The smallest absolute Gasteiger partial charge is 0.262 e. The minimum absolute atomic E-state index is 0.119. The van der Waals surface area contributed by atoms with Crippen LogP contribution in [0.2, 0.25) is 0 Å². The maximum absolute atomic E-state index is 12.8. The van der Waals surface area contributed by atoms with Gasteiger partial charge in [0, 0.05) is 18.3 Å². The van der Waals surface area contributed by atoms with Gasteiger partial charge in [0.05, 0.1) is 23.4 Å². The minimum Gasteiger partial charge on any atom is -0.309 e. The second kappa shape index (κ2) is 6.75. The van der Waals surface area contributed by atoms with Crippen molar-refractivity contribution in [1.82, 2.24) is 9.78 Å². The molecule has 114 valence electrons. The average Bonchev–Trinajstić information content (AvgIpc) is 2.90. The topological polar surface area (TPSA) is 61.9 Å². The molecular formula is C16H17BrN4O. The summed E-state index contributed by atoms with van der Waals surface area (Å²) in [7, 11) is 0. The molecule has 0 spiro atoms. The second-order valence-electron chi connectivity index (χ2n) is 5.10. The summed E-state index contributed by atoms with van der Waals surface area (Å²) in [6.45, 7) is 6.45. The first-order valence-corrected chi connectivity index (χ1v) is 7.84. The number of nitrogens with zero attached hydrogens (tertiary/aromatic N) is 4. The van der Waals surface area contributed by atoms with Gasteiger partial charge in [0.2, 0.25) is 0 Å². The van der Waals surface area contributed by atoms with E-state index in [1.807, 2.05) is 20.8 Å². The van der Waals surface area contributed by atoms with Crippen LogP contribution in [-0.4, -0.2) is 22.2 Å². The van der Waals surface area contributed by atoms with Gasteiger partial charge in [-0.25, -0.2) is 0 Å². The van der Waals surface area contributed by atoms with E-state index in [0.29, 0.717) is 22.3 Å². The molecule has 1 aromatic carbocycles. The first-order chi connectivity index (χ1) is 10.5. The molecule has 22 heavy (non-hydrogen) atoms. The highest BCUT2D eigenvalue weighted by atomic mass is 79.9. The largest absolute Gasteiger partial charge is 0.309 e. The van der Waals surface area contributed by atoms with Gasteiger partial charge >= 0.3 is 0 Å². The lowest BCUT2D eigenvalue weighted by Gasteiger charge is -2.20. The zero-order chi connectivity index (χ0) is 16.3. The summed E-state index contributed by atoms with van der Waals surface area (Å²) >= 11 is 3.46. The quantitative estimate of drug-likeness (QED) is 0.833. The van der Waals surface area contributed by atoms with E-state index in [9.17, 15) is 4.79 Å². The summed E-state index contributed by atoms with van der Waals surface area (Å²) < 4.78 is 2.44. The Bertz CT molecular complexity index is 713. The van der Waals surface area contributed by atoms with E-state index in [2.05, 4.69) is 27.1 Å². The van der Waals surface area contributed by atoms with E-state index < -0.39 is 0 Å². The molecule has 0 saturated carbocycles. The van der Waals surface area contributed by atoms with E-state index in [0.717, 1.165) is 5.69 Å². The molecule has 6 heteroatoms. The minimum atomic E-state index is -0.119. The molecule has 0 unspecified atom stereocenters. The van der Waals surface area contributed by atoms with Gasteiger partial charge < -0.3 is 4.90 Å². The number of benzene rings is 1. The fourth-order valence-electron chi connectivity index (χ4n) is 2.16. The van der Waals surface area contributed by atoms with Crippen LogP contribution < -0.4 is 4.90 Å². The molecule has 0 saturated heterocycles. The van der Waals surface area contributed by atoms with Crippen LogP contribution in [0, 0.1) is 11.3 Å². The lowest BCUT2D eigenvalue weighted by Crippen LogP contribution is -2.30. The molecule has 1 aromatic heterocycles. The number of aromatic nitrogens is 2. The van der Waals surface area contributed by atoms with Crippen LogP contribution in [0.25, 0.3) is 0 Å². The van der Waals surface area contributed by atoms with Gasteiger partial charge in [0.15, 0.2) is 0 Å². The molecule has 0 bridgehead atoms. The molecular weight excluding hydrogens is 344 g/mol. The molecule has 0 radical (unpaired) electrons. The third-order valence-electron chi connectivity index (χ3n) is 3.32. The molecule has 0 fully saturated rings. The predicted octanol–water partition coefficient (Wildman–Crippen LogP) is 3.76.